The number of para-hydroxylation sites is 1. The lowest BCUT2D eigenvalue weighted by Gasteiger charge is -2.16. The summed E-state index contributed by atoms with van der Waals surface area (Å²) in [4.78, 5) is 36.7. The molecule has 0 radical (unpaired) electrons. The summed E-state index contributed by atoms with van der Waals surface area (Å²) in [5.74, 6) is -0.305. The molecule has 3 aromatic rings. The number of carbonyl (C=O) groups excluding carboxylic acids is 2. The lowest BCUT2D eigenvalue weighted by atomic mass is 10.1. The monoisotopic (exact) mass is 445 g/mol. The van der Waals surface area contributed by atoms with E-state index in [1.54, 1.807) is 17.0 Å². The van der Waals surface area contributed by atoms with E-state index in [2.05, 4.69) is 16.0 Å². The van der Waals surface area contributed by atoms with Gasteiger partial charge in [0.2, 0.25) is 11.8 Å². The molecule has 3 aromatic carbocycles. The van der Waals surface area contributed by atoms with Crippen molar-refractivity contribution in [2.24, 2.45) is 0 Å². The van der Waals surface area contributed by atoms with Gasteiger partial charge in [-0.15, -0.1) is 0 Å². The van der Waals surface area contributed by atoms with Gasteiger partial charge in [-0.05, 0) is 48.4 Å². The molecular formula is C24H23N5O4. The van der Waals surface area contributed by atoms with E-state index < -0.39 is 4.92 Å². The first-order valence-corrected chi connectivity index (χ1v) is 10.5. The first kappa shape index (κ1) is 21.8. The molecule has 1 aliphatic heterocycles. The number of anilines is 5. The molecule has 0 aliphatic carbocycles. The summed E-state index contributed by atoms with van der Waals surface area (Å²) in [7, 11) is 0. The highest BCUT2D eigenvalue weighted by atomic mass is 16.6. The average molecular weight is 445 g/mol. The van der Waals surface area contributed by atoms with E-state index in [-0.39, 0.29) is 24.0 Å². The quantitative estimate of drug-likeness (QED) is 0.369. The van der Waals surface area contributed by atoms with Crippen molar-refractivity contribution in [2.75, 3.05) is 33.9 Å². The Hall–Kier alpha value is -4.40. The van der Waals surface area contributed by atoms with Crippen LogP contribution < -0.4 is 20.9 Å². The van der Waals surface area contributed by atoms with Gasteiger partial charge in [0, 0.05) is 42.7 Å². The second kappa shape index (κ2) is 9.39. The number of fused-ring (bicyclic) bond motifs is 1. The molecule has 0 saturated heterocycles. The number of nitrogens with one attached hydrogen (secondary N) is 3. The number of hydrogen-bond donors (Lipinski definition) is 3. The molecule has 3 N–H and O–H groups in total. The zero-order chi connectivity index (χ0) is 23.4. The van der Waals surface area contributed by atoms with E-state index in [0.717, 1.165) is 23.4 Å². The first-order chi connectivity index (χ1) is 15.9. The van der Waals surface area contributed by atoms with Crippen molar-refractivity contribution in [1.82, 2.24) is 0 Å². The minimum Gasteiger partial charge on any atom is -0.374 e. The van der Waals surface area contributed by atoms with E-state index >= 15 is 0 Å². The Morgan fingerprint density at radius 1 is 1.00 bits per heavy atom. The minimum atomic E-state index is -0.480. The molecular weight excluding hydrogens is 422 g/mol. The molecule has 2 amide bonds. The van der Waals surface area contributed by atoms with Crippen LogP contribution in [-0.2, 0) is 16.0 Å². The third-order valence-electron chi connectivity index (χ3n) is 5.35. The van der Waals surface area contributed by atoms with Crippen LogP contribution in [0.4, 0.5) is 34.1 Å². The van der Waals surface area contributed by atoms with Crippen molar-refractivity contribution in [3.05, 3.63) is 82.4 Å². The maximum atomic E-state index is 12.6. The molecule has 0 bridgehead atoms. The van der Waals surface area contributed by atoms with E-state index in [4.69, 9.17) is 0 Å². The molecule has 0 spiro atoms. The summed E-state index contributed by atoms with van der Waals surface area (Å²) in [6, 6.07) is 19.2. The molecule has 1 heterocycles. The van der Waals surface area contributed by atoms with Crippen LogP contribution in [-0.4, -0.2) is 29.8 Å². The summed E-state index contributed by atoms with van der Waals surface area (Å²) in [5.41, 5.74) is 4.29. The number of nitrogens with zero attached hydrogens (tertiary/aromatic N) is 2. The third kappa shape index (κ3) is 5.09. The fourth-order valence-corrected chi connectivity index (χ4v) is 3.77. The fourth-order valence-electron chi connectivity index (χ4n) is 3.77. The van der Waals surface area contributed by atoms with E-state index in [1.165, 1.54) is 19.1 Å². The number of rotatable bonds is 7. The molecule has 0 fully saturated rings. The Labute approximate surface area is 190 Å². The van der Waals surface area contributed by atoms with E-state index in [0.29, 0.717) is 23.6 Å². The molecule has 1 aliphatic rings. The topological polar surface area (TPSA) is 117 Å². The SMILES string of the molecule is CC(=O)N1CCc2cc(NC(=O)CNc3cc([N+](=O)[O-])ccc3Nc3ccccc3)ccc21. The molecule has 4 rings (SSSR count). The van der Waals surface area contributed by atoms with Gasteiger partial charge >= 0.3 is 0 Å². The van der Waals surface area contributed by atoms with Gasteiger partial charge in [0.1, 0.15) is 0 Å². The lowest BCUT2D eigenvalue weighted by Crippen LogP contribution is -2.25. The van der Waals surface area contributed by atoms with Gasteiger partial charge in [-0.1, -0.05) is 18.2 Å². The lowest BCUT2D eigenvalue weighted by molar-refractivity contribution is -0.384. The highest BCUT2D eigenvalue weighted by Crippen LogP contribution is 2.31. The van der Waals surface area contributed by atoms with Crippen molar-refractivity contribution in [3.8, 4) is 0 Å². The van der Waals surface area contributed by atoms with Crippen molar-refractivity contribution in [3.63, 3.8) is 0 Å². The van der Waals surface area contributed by atoms with Gasteiger partial charge in [-0.25, -0.2) is 0 Å². The van der Waals surface area contributed by atoms with Crippen LogP contribution in [0.1, 0.15) is 12.5 Å². The Morgan fingerprint density at radius 3 is 2.52 bits per heavy atom. The van der Waals surface area contributed by atoms with Gasteiger partial charge in [0.25, 0.3) is 5.69 Å². The van der Waals surface area contributed by atoms with Gasteiger partial charge in [0.05, 0.1) is 22.8 Å². The summed E-state index contributed by atoms with van der Waals surface area (Å²) < 4.78 is 0. The van der Waals surface area contributed by atoms with Gasteiger partial charge in [0.15, 0.2) is 0 Å². The van der Waals surface area contributed by atoms with Crippen molar-refractivity contribution in [1.29, 1.82) is 0 Å². The highest BCUT2D eigenvalue weighted by Gasteiger charge is 2.22. The number of nitro benzene ring substituents is 1. The maximum absolute atomic E-state index is 12.6. The smallest absolute Gasteiger partial charge is 0.271 e. The molecule has 0 unspecified atom stereocenters. The van der Waals surface area contributed by atoms with Crippen molar-refractivity contribution >= 4 is 45.9 Å². The molecule has 33 heavy (non-hydrogen) atoms. The van der Waals surface area contributed by atoms with Crippen molar-refractivity contribution < 1.29 is 14.5 Å². The zero-order valence-electron chi connectivity index (χ0n) is 18.0. The third-order valence-corrected chi connectivity index (χ3v) is 5.35. The Kier molecular flexibility index (Phi) is 6.21. The Bertz CT molecular complexity index is 1210. The maximum Gasteiger partial charge on any atom is 0.271 e. The standard InChI is InChI=1S/C24H23N5O4/c1-16(30)28-12-11-17-13-19(7-10-23(17)28)27-24(31)15-25-22-14-20(29(32)33)8-9-21(22)26-18-5-3-2-4-6-18/h2-10,13-14,25-26H,11-12,15H2,1H3,(H,27,31). The largest absolute Gasteiger partial charge is 0.374 e. The summed E-state index contributed by atoms with van der Waals surface area (Å²) >= 11 is 0. The molecule has 0 saturated carbocycles. The number of non-ortho nitro benzene ring substituents is 1. The predicted molar refractivity (Wildman–Crippen MR) is 128 cm³/mol. The van der Waals surface area contributed by atoms with Gasteiger partial charge < -0.3 is 20.9 Å². The summed E-state index contributed by atoms with van der Waals surface area (Å²) in [5, 5.41) is 20.2. The van der Waals surface area contributed by atoms with Crippen LogP contribution in [0.25, 0.3) is 0 Å². The zero-order valence-corrected chi connectivity index (χ0v) is 18.0. The van der Waals surface area contributed by atoms with Gasteiger partial charge in [-0.3, -0.25) is 19.7 Å². The molecule has 9 heteroatoms. The van der Waals surface area contributed by atoms with E-state index in [9.17, 15) is 19.7 Å². The summed E-state index contributed by atoms with van der Waals surface area (Å²) in [6.07, 6.45) is 0.735. The highest BCUT2D eigenvalue weighted by molar-refractivity contribution is 5.97. The average Bonchev–Trinajstić information content (AvgIpc) is 3.22. The number of benzene rings is 3. The number of amides is 2. The van der Waals surface area contributed by atoms with Crippen molar-refractivity contribution in [2.45, 2.75) is 13.3 Å². The Balaban J connectivity index is 1.45. The minimum absolute atomic E-state index is 0.00777. The van der Waals surface area contributed by atoms with Crippen LogP contribution >= 0.6 is 0 Å². The summed E-state index contributed by atoms with van der Waals surface area (Å²) in [6.45, 7) is 2.08. The second-order valence-corrected chi connectivity index (χ2v) is 7.64. The number of carbonyl (C=O) groups is 2. The molecule has 168 valence electrons. The molecule has 9 nitrogen and oxygen atoms in total. The molecule has 0 aromatic heterocycles. The number of hydrogen-bond acceptors (Lipinski definition) is 6. The fraction of sp³-hybridized carbons (Fsp3) is 0.167. The van der Waals surface area contributed by atoms with Gasteiger partial charge in [-0.2, -0.15) is 0 Å². The van der Waals surface area contributed by atoms with Crippen LogP contribution in [0.15, 0.2) is 66.7 Å². The van der Waals surface area contributed by atoms with Crippen LogP contribution in [0.2, 0.25) is 0 Å². The second-order valence-electron chi connectivity index (χ2n) is 7.64. The van der Waals surface area contributed by atoms with E-state index in [1.807, 2.05) is 42.5 Å². The molecule has 0 atom stereocenters. The Morgan fingerprint density at radius 2 is 1.79 bits per heavy atom. The normalized spacial score (nSPS) is 12.1. The first-order valence-electron chi connectivity index (χ1n) is 10.5. The van der Waals surface area contributed by atoms with Crippen LogP contribution in [0, 0.1) is 10.1 Å². The van der Waals surface area contributed by atoms with Crippen LogP contribution in [0.3, 0.4) is 0 Å². The number of nitro groups is 1. The predicted octanol–water partition coefficient (Wildman–Crippen LogP) is 4.30. The van der Waals surface area contributed by atoms with Crippen LogP contribution in [0.5, 0.6) is 0 Å².